The highest BCUT2D eigenvalue weighted by Gasteiger charge is 2.08. The Bertz CT molecular complexity index is 349. The normalized spacial score (nSPS) is 10.5. The predicted molar refractivity (Wildman–Crippen MR) is 71.9 cm³/mol. The molecule has 0 aromatic carbocycles. The molecule has 5 heteroatoms. The third kappa shape index (κ3) is 5.08. The SMILES string of the molecule is CCC(CC)NC(=O)CSc1ccc(N)cn1. The Morgan fingerprint density at radius 3 is 2.71 bits per heavy atom. The Morgan fingerprint density at radius 1 is 1.47 bits per heavy atom. The smallest absolute Gasteiger partial charge is 0.230 e. The van der Waals surface area contributed by atoms with Gasteiger partial charge in [-0.3, -0.25) is 4.79 Å². The first-order chi connectivity index (χ1) is 8.15. The first-order valence-corrected chi connectivity index (χ1v) is 6.78. The number of carbonyl (C=O) groups is 1. The van der Waals surface area contributed by atoms with Crippen LogP contribution < -0.4 is 11.1 Å². The summed E-state index contributed by atoms with van der Waals surface area (Å²) in [6, 6.07) is 3.89. The fourth-order valence-corrected chi connectivity index (χ4v) is 2.03. The maximum absolute atomic E-state index is 11.6. The van der Waals surface area contributed by atoms with Crippen LogP contribution >= 0.6 is 11.8 Å². The van der Waals surface area contributed by atoms with Crippen molar-refractivity contribution in [1.82, 2.24) is 10.3 Å². The van der Waals surface area contributed by atoms with E-state index in [2.05, 4.69) is 24.1 Å². The Morgan fingerprint density at radius 2 is 2.18 bits per heavy atom. The number of aromatic nitrogens is 1. The fourth-order valence-electron chi connectivity index (χ4n) is 1.38. The largest absolute Gasteiger partial charge is 0.397 e. The maximum Gasteiger partial charge on any atom is 0.230 e. The van der Waals surface area contributed by atoms with E-state index in [1.165, 1.54) is 11.8 Å². The van der Waals surface area contributed by atoms with Crippen molar-refractivity contribution in [2.24, 2.45) is 0 Å². The van der Waals surface area contributed by atoms with Crippen molar-refractivity contribution < 1.29 is 4.79 Å². The molecule has 0 spiro atoms. The third-order valence-electron chi connectivity index (χ3n) is 2.46. The summed E-state index contributed by atoms with van der Waals surface area (Å²) >= 11 is 1.42. The van der Waals surface area contributed by atoms with E-state index in [9.17, 15) is 4.79 Å². The highest BCUT2D eigenvalue weighted by molar-refractivity contribution is 7.99. The highest BCUT2D eigenvalue weighted by Crippen LogP contribution is 2.15. The van der Waals surface area contributed by atoms with E-state index in [0.29, 0.717) is 11.4 Å². The second-order valence-corrected chi connectivity index (χ2v) is 4.80. The van der Waals surface area contributed by atoms with Gasteiger partial charge in [-0.25, -0.2) is 4.98 Å². The number of hydrogen-bond acceptors (Lipinski definition) is 4. The van der Waals surface area contributed by atoms with Gasteiger partial charge in [-0.15, -0.1) is 0 Å². The number of nitrogens with zero attached hydrogens (tertiary/aromatic N) is 1. The minimum absolute atomic E-state index is 0.0577. The minimum Gasteiger partial charge on any atom is -0.397 e. The van der Waals surface area contributed by atoms with Crippen molar-refractivity contribution in [3.05, 3.63) is 18.3 Å². The molecule has 1 amide bonds. The quantitative estimate of drug-likeness (QED) is 0.761. The van der Waals surface area contributed by atoms with Gasteiger partial charge in [-0.1, -0.05) is 25.6 Å². The van der Waals surface area contributed by atoms with E-state index in [1.54, 1.807) is 12.3 Å². The molecule has 0 atom stereocenters. The van der Waals surface area contributed by atoms with Crippen LogP contribution in [0.1, 0.15) is 26.7 Å². The van der Waals surface area contributed by atoms with Gasteiger partial charge in [0.05, 0.1) is 22.7 Å². The lowest BCUT2D eigenvalue weighted by Crippen LogP contribution is -2.35. The summed E-state index contributed by atoms with van der Waals surface area (Å²) < 4.78 is 0. The molecule has 0 aliphatic heterocycles. The van der Waals surface area contributed by atoms with Crippen LogP contribution in [-0.2, 0) is 4.79 Å². The second-order valence-electron chi connectivity index (χ2n) is 3.80. The molecule has 3 N–H and O–H groups in total. The van der Waals surface area contributed by atoms with E-state index in [4.69, 9.17) is 5.73 Å². The van der Waals surface area contributed by atoms with E-state index < -0.39 is 0 Å². The number of carbonyl (C=O) groups excluding carboxylic acids is 1. The number of nitrogen functional groups attached to an aromatic ring is 1. The zero-order chi connectivity index (χ0) is 12.7. The van der Waals surface area contributed by atoms with Gasteiger partial charge < -0.3 is 11.1 Å². The van der Waals surface area contributed by atoms with Crippen LogP contribution in [0, 0.1) is 0 Å². The second kappa shape index (κ2) is 7.17. The number of thioether (sulfide) groups is 1. The van der Waals surface area contributed by atoms with Gasteiger partial charge in [0, 0.05) is 6.04 Å². The fraction of sp³-hybridized carbons (Fsp3) is 0.500. The van der Waals surface area contributed by atoms with Gasteiger partial charge >= 0.3 is 0 Å². The first kappa shape index (κ1) is 13.8. The molecule has 4 nitrogen and oxygen atoms in total. The van der Waals surface area contributed by atoms with Crippen molar-refractivity contribution in [3.63, 3.8) is 0 Å². The molecule has 0 fully saturated rings. The molecule has 0 unspecified atom stereocenters. The molecule has 0 saturated heterocycles. The van der Waals surface area contributed by atoms with Gasteiger partial charge in [0.25, 0.3) is 0 Å². The zero-order valence-corrected chi connectivity index (χ0v) is 11.1. The van der Waals surface area contributed by atoms with Crippen LogP contribution in [0.5, 0.6) is 0 Å². The van der Waals surface area contributed by atoms with Crippen molar-refractivity contribution in [3.8, 4) is 0 Å². The summed E-state index contributed by atoms with van der Waals surface area (Å²) in [5, 5.41) is 3.80. The van der Waals surface area contributed by atoms with Crippen LogP contribution in [0.2, 0.25) is 0 Å². The van der Waals surface area contributed by atoms with E-state index >= 15 is 0 Å². The van der Waals surface area contributed by atoms with Crippen molar-refractivity contribution in [1.29, 1.82) is 0 Å². The molecule has 0 saturated carbocycles. The Balaban J connectivity index is 2.35. The molecular weight excluding hydrogens is 234 g/mol. The Kier molecular flexibility index (Phi) is 5.83. The van der Waals surface area contributed by atoms with Crippen LogP contribution in [0.25, 0.3) is 0 Å². The topological polar surface area (TPSA) is 68.0 Å². The molecule has 1 aromatic heterocycles. The summed E-state index contributed by atoms with van der Waals surface area (Å²) in [6.45, 7) is 4.15. The number of rotatable bonds is 6. The molecule has 1 aromatic rings. The minimum atomic E-state index is 0.0577. The van der Waals surface area contributed by atoms with Crippen LogP contribution in [0.4, 0.5) is 5.69 Å². The summed E-state index contributed by atoms with van der Waals surface area (Å²) in [5.41, 5.74) is 6.17. The summed E-state index contributed by atoms with van der Waals surface area (Å²) in [6.07, 6.45) is 3.53. The van der Waals surface area contributed by atoms with Crippen molar-refractivity contribution in [2.45, 2.75) is 37.8 Å². The average molecular weight is 253 g/mol. The Labute approximate surface area is 106 Å². The van der Waals surface area contributed by atoms with Gasteiger partial charge in [-0.2, -0.15) is 0 Å². The molecule has 17 heavy (non-hydrogen) atoms. The number of nitrogens with one attached hydrogen (secondary N) is 1. The third-order valence-corrected chi connectivity index (χ3v) is 3.40. The Hall–Kier alpha value is -1.23. The lowest BCUT2D eigenvalue weighted by Gasteiger charge is -2.14. The highest BCUT2D eigenvalue weighted by atomic mass is 32.2. The van der Waals surface area contributed by atoms with E-state index in [0.717, 1.165) is 17.9 Å². The lowest BCUT2D eigenvalue weighted by molar-refractivity contribution is -0.119. The predicted octanol–water partition coefficient (Wildman–Crippen LogP) is 2.06. The summed E-state index contributed by atoms with van der Waals surface area (Å²) in [7, 11) is 0. The average Bonchev–Trinajstić information content (AvgIpc) is 2.35. The molecule has 0 aliphatic carbocycles. The van der Waals surface area contributed by atoms with Crippen molar-refractivity contribution in [2.75, 3.05) is 11.5 Å². The number of amides is 1. The van der Waals surface area contributed by atoms with Gasteiger partial charge in [0.15, 0.2) is 0 Å². The van der Waals surface area contributed by atoms with Gasteiger partial charge in [0.2, 0.25) is 5.91 Å². The number of anilines is 1. The lowest BCUT2D eigenvalue weighted by atomic mass is 10.2. The molecule has 1 rings (SSSR count). The summed E-state index contributed by atoms with van der Waals surface area (Å²) in [4.78, 5) is 15.8. The molecule has 94 valence electrons. The van der Waals surface area contributed by atoms with Gasteiger partial charge in [-0.05, 0) is 25.0 Å². The van der Waals surface area contributed by atoms with Crippen LogP contribution in [-0.4, -0.2) is 22.7 Å². The molecule has 1 heterocycles. The van der Waals surface area contributed by atoms with Crippen molar-refractivity contribution >= 4 is 23.4 Å². The van der Waals surface area contributed by atoms with Gasteiger partial charge in [0.1, 0.15) is 0 Å². The standard InChI is InChI=1S/C12H19N3OS/c1-3-10(4-2)15-11(16)8-17-12-6-5-9(13)7-14-12/h5-7,10H,3-4,8,13H2,1-2H3,(H,15,16). The number of nitrogens with two attached hydrogens (primary N) is 1. The molecule has 0 radical (unpaired) electrons. The number of pyridine rings is 1. The molecule has 0 bridgehead atoms. The van der Waals surface area contributed by atoms with E-state index in [-0.39, 0.29) is 11.9 Å². The number of hydrogen-bond donors (Lipinski definition) is 2. The van der Waals surface area contributed by atoms with E-state index in [1.807, 2.05) is 6.07 Å². The zero-order valence-electron chi connectivity index (χ0n) is 10.3. The summed E-state index contributed by atoms with van der Waals surface area (Å²) in [5.74, 6) is 0.454. The monoisotopic (exact) mass is 253 g/mol. The first-order valence-electron chi connectivity index (χ1n) is 5.79. The molecular formula is C12H19N3OS. The van der Waals surface area contributed by atoms with Crippen LogP contribution in [0.15, 0.2) is 23.4 Å². The maximum atomic E-state index is 11.6. The van der Waals surface area contributed by atoms with Crippen LogP contribution in [0.3, 0.4) is 0 Å². The molecule has 0 aliphatic rings.